The van der Waals surface area contributed by atoms with Crippen LogP contribution in [-0.2, 0) is 11.0 Å². The fourth-order valence-electron chi connectivity index (χ4n) is 2.59. The van der Waals surface area contributed by atoms with E-state index in [1.165, 1.54) is 31.2 Å². The summed E-state index contributed by atoms with van der Waals surface area (Å²) in [4.78, 5) is 24.0. The zero-order chi connectivity index (χ0) is 21.2. The zero-order valence-electron chi connectivity index (χ0n) is 15.1. The van der Waals surface area contributed by atoms with Crippen molar-refractivity contribution in [2.24, 2.45) is 0 Å². The molecule has 0 radical (unpaired) electrons. The molecule has 150 valence electrons. The van der Waals surface area contributed by atoms with Gasteiger partial charge in [-0.2, -0.15) is 13.2 Å². The molecule has 4 nitrogen and oxygen atoms in total. The third kappa shape index (κ3) is 4.90. The van der Waals surface area contributed by atoms with Crippen LogP contribution in [-0.4, -0.2) is 11.7 Å². The number of halogens is 4. The average Bonchev–Trinajstić information content (AvgIpc) is 2.64. The summed E-state index contributed by atoms with van der Waals surface area (Å²) in [5.74, 6) is -2.05. The number of carbonyl (C=O) groups excluding carboxylic acids is 2. The number of carbonyl (C=O) groups is 2. The van der Waals surface area contributed by atoms with Crippen molar-refractivity contribution < 1.29 is 31.9 Å². The Morgan fingerprint density at radius 2 is 1.90 bits per heavy atom. The number of alkyl halides is 3. The number of amides is 1. The molecular formula is C21H15F4NO3. The summed E-state index contributed by atoms with van der Waals surface area (Å²) in [5, 5.41) is 2.45. The van der Waals surface area contributed by atoms with Gasteiger partial charge >= 0.3 is 6.18 Å². The summed E-state index contributed by atoms with van der Waals surface area (Å²) < 4.78 is 58.5. The SMILES string of the molecule is Cc1ccc(Oc2cc(C(F)(F)F)ccc2C(=O)NC2=CC(=O)CC=C2)cc1F. The highest BCUT2D eigenvalue weighted by molar-refractivity contribution is 6.00. The molecular weight excluding hydrogens is 390 g/mol. The Balaban J connectivity index is 1.96. The molecule has 0 saturated heterocycles. The first kappa shape index (κ1) is 20.3. The van der Waals surface area contributed by atoms with Gasteiger partial charge in [0.15, 0.2) is 5.78 Å². The van der Waals surface area contributed by atoms with Crippen LogP contribution in [0.5, 0.6) is 11.5 Å². The minimum Gasteiger partial charge on any atom is -0.456 e. The highest BCUT2D eigenvalue weighted by Crippen LogP contribution is 2.35. The molecule has 2 aromatic rings. The van der Waals surface area contributed by atoms with Gasteiger partial charge in [0, 0.05) is 24.3 Å². The van der Waals surface area contributed by atoms with Crippen molar-refractivity contribution in [1.82, 2.24) is 5.32 Å². The summed E-state index contributed by atoms with van der Waals surface area (Å²) >= 11 is 0. The number of hydrogen-bond donors (Lipinski definition) is 1. The van der Waals surface area contributed by atoms with E-state index in [-0.39, 0.29) is 29.2 Å². The topological polar surface area (TPSA) is 55.4 Å². The normalized spacial score (nSPS) is 13.8. The Morgan fingerprint density at radius 1 is 1.14 bits per heavy atom. The third-order valence-electron chi connectivity index (χ3n) is 4.12. The highest BCUT2D eigenvalue weighted by atomic mass is 19.4. The maximum Gasteiger partial charge on any atom is 0.416 e. The quantitative estimate of drug-likeness (QED) is 0.721. The predicted molar refractivity (Wildman–Crippen MR) is 97.0 cm³/mol. The number of allylic oxidation sites excluding steroid dienone is 3. The van der Waals surface area contributed by atoms with Crippen LogP contribution in [0.4, 0.5) is 17.6 Å². The van der Waals surface area contributed by atoms with Gasteiger partial charge in [0.1, 0.15) is 17.3 Å². The largest absolute Gasteiger partial charge is 0.456 e. The third-order valence-corrected chi connectivity index (χ3v) is 4.12. The van der Waals surface area contributed by atoms with E-state index in [4.69, 9.17) is 4.74 Å². The molecule has 29 heavy (non-hydrogen) atoms. The van der Waals surface area contributed by atoms with Crippen LogP contribution in [0.25, 0.3) is 0 Å². The number of nitrogens with one attached hydrogen (secondary N) is 1. The molecule has 8 heteroatoms. The standard InChI is InChI=1S/C21H15F4NO3/c1-12-5-7-16(11-18(12)22)29-19-9-13(21(23,24)25)6-8-17(19)20(28)26-14-3-2-4-15(27)10-14/h2-3,5-11H,4H2,1H3,(H,26,28). The van der Waals surface area contributed by atoms with Crippen LogP contribution >= 0.6 is 0 Å². The molecule has 1 aliphatic carbocycles. The molecule has 0 spiro atoms. The van der Waals surface area contributed by atoms with Gasteiger partial charge in [0.05, 0.1) is 11.1 Å². The first-order valence-corrected chi connectivity index (χ1v) is 8.51. The number of hydrogen-bond acceptors (Lipinski definition) is 3. The molecule has 0 aromatic heterocycles. The van der Waals surface area contributed by atoms with E-state index in [1.54, 1.807) is 6.08 Å². The Hall–Kier alpha value is -3.42. The van der Waals surface area contributed by atoms with Gasteiger partial charge in [-0.3, -0.25) is 9.59 Å². The van der Waals surface area contributed by atoms with Crippen LogP contribution in [0, 0.1) is 12.7 Å². The Kier molecular flexibility index (Phi) is 5.54. The predicted octanol–water partition coefficient (Wildman–Crippen LogP) is 5.09. The molecule has 1 amide bonds. The van der Waals surface area contributed by atoms with Crippen molar-refractivity contribution in [1.29, 1.82) is 0 Å². The van der Waals surface area contributed by atoms with Gasteiger partial charge in [0.25, 0.3) is 5.91 Å². The summed E-state index contributed by atoms with van der Waals surface area (Å²) in [6, 6.07) is 6.18. The van der Waals surface area contributed by atoms with Crippen molar-refractivity contribution in [3.8, 4) is 11.5 Å². The van der Waals surface area contributed by atoms with Crippen LogP contribution in [0.3, 0.4) is 0 Å². The van der Waals surface area contributed by atoms with Crippen molar-refractivity contribution in [2.45, 2.75) is 19.5 Å². The van der Waals surface area contributed by atoms with E-state index in [0.29, 0.717) is 11.6 Å². The van der Waals surface area contributed by atoms with E-state index in [2.05, 4.69) is 5.32 Å². The fourth-order valence-corrected chi connectivity index (χ4v) is 2.59. The molecule has 0 fully saturated rings. The second kappa shape index (κ2) is 7.90. The second-order valence-electron chi connectivity index (χ2n) is 6.35. The molecule has 0 saturated carbocycles. The van der Waals surface area contributed by atoms with Crippen LogP contribution in [0.15, 0.2) is 60.3 Å². The molecule has 0 bridgehead atoms. The monoisotopic (exact) mass is 405 g/mol. The lowest BCUT2D eigenvalue weighted by Gasteiger charge is -2.15. The van der Waals surface area contributed by atoms with E-state index in [9.17, 15) is 27.2 Å². The molecule has 0 unspecified atom stereocenters. The molecule has 1 N–H and O–H groups in total. The van der Waals surface area contributed by atoms with Gasteiger partial charge in [0.2, 0.25) is 0 Å². The van der Waals surface area contributed by atoms with Crippen molar-refractivity contribution >= 4 is 11.7 Å². The van der Waals surface area contributed by atoms with E-state index in [1.807, 2.05) is 0 Å². The Morgan fingerprint density at radius 3 is 2.55 bits per heavy atom. The second-order valence-corrected chi connectivity index (χ2v) is 6.35. The highest BCUT2D eigenvalue weighted by Gasteiger charge is 2.32. The number of rotatable bonds is 4. The minimum atomic E-state index is -4.66. The Labute approximate surface area is 163 Å². The van der Waals surface area contributed by atoms with Crippen molar-refractivity contribution in [2.75, 3.05) is 0 Å². The van der Waals surface area contributed by atoms with Gasteiger partial charge < -0.3 is 10.1 Å². The maximum absolute atomic E-state index is 13.8. The average molecular weight is 405 g/mol. The molecule has 0 aliphatic heterocycles. The van der Waals surface area contributed by atoms with Gasteiger partial charge in [-0.15, -0.1) is 0 Å². The van der Waals surface area contributed by atoms with Crippen molar-refractivity contribution in [3.63, 3.8) is 0 Å². The van der Waals surface area contributed by atoms with E-state index >= 15 is 0 Å². The maximum atomic E-state index is 13.8. The summed E-state index contributed by atoms with van der Waals surface area (Å²) in [6.45, 7) is 1.52. The van der Waals surface area contributed by atoms with Gasteiger partial charge in [-0.1, -0.05) is 12.1 Å². The summed E-state index contributed by atoms with van der Waals surface area (Å²) in [5.41, 5.74) is -0.687. The lowest BCUT2D eigenvalue weighted by Crippen LogP contribution is -2.24. The number of ether oxygens (including phenoxy) is 1. The Bertz CT molecular complexity index is 1040. The molecule has 0 heterocycles. The molecule has 1 aliphatic rings. The lowest BCUT2D eigenvalue weighted by atomic mass is 10.1. The lowest BCUT2D eigenvalue weighted by molar-refractivity contribution is -0.137. The first-order chi connectivity index (χ1) is 13.6. The molecule has 3 rings (SSSR count). The smallest absolute Gasteiger partial charge is 0.416 e. The fraction of sp³-hybridized carbons (Fsp3) is 0.143. The summed E-state index contributed by atoms with van der Waals surface area (Å²) in [6.07, 6.45) is -0.173. The number of aryl methyl sites for hydroxylation is 1. The van der Waals surface area contributed by atoms with Crippen molar-refractivity contribution in [3.05, 3.63) is 82.8 Å². The first-order valence-electron chi connectivity index (χ1n) is 8.51. The van der Waals surface area contributed by atoms with E-state index in [0.717, 1.165) is 18.2 Å². The number of benzene rings is 2. The van der Waals surface area contributed by atoms with Crippen LogP contribution in [0.1, 0.15) is 27.9 Å². The minimum absolute atomic E-state index is 0.0616. The number of ketones is 1. The van der Waals surface area contributed by atoms with Gasteiger partial charge in [-0.05, 0) is 42.8 Å². The van der Waals surface area contributed by atoms with Gasteiger partial charge in [-0.25, -0.2) is 4.39 Å². The van der Waals surface area contributed by atoms with Crippen LogP contribution in [0.2, 0.25) is 0 Å². The summed E-state index contributed by atoms with van der Waals surface area (Å²) in [7, 11) is 0. The zero-order valence-corrected chi connectivity index (χ0v) is 15.1. The van der Waals surface area contributed by atoms with E-state index < -0.39 is 29.2 Å². The molecule has 2 aromatic carbocycles. The molecule has 0 atom stereocenters. The van der Waals surface area contributed by atoms with Crippen LogP contribution < -0.4 is 10.1 Å².